The molecule has 1 saturated heterocycles. The lowest BCUT2D eigenvalue weighted by Gasteiger charge is -2.28. The number of hydrogen-bond donors (Lipinski definition) is 1. The van der Waals surface area contributed by atoms with Gasteiger partial charge in [-0.2, -0.15) is 5.10 Å². The van der Waals surface area contributed by atoms with Crippen LogP contribution in [-0.2, 0) is 6.54 Å². The van der Waals surface area contributed by atoms with E-state index in [0.717, 1.165) is 13.0 Å². The third-order valence-electron chi connectivity index (χ3n) is 4.54. The normalized spacial score (nSPS) is 19.9. The molecular formula is C18H26N4O. The van der Waals surface area contributed by atoms with Crippen molar-refractivity contribution in [1.82, 2.24) is 14.7 Å². The first-order valence-electron chi connectivity index (χ1n) is 8.30. The first-order chi connectivity index (χ1) is 11.1. The Labute approximate surface area is 138 Å². The predicted octanol–water partition coefficient (Wildman–Crippen LogP) is 2.15. The fourth-order valence-electron chi connectivity index (χ4n) is 3.39. The summed E-state index contributed by atoms with van der Waals surface area (Å²) in [7, 11) is 4.14. The van der Waals surface area contributed by atoms with Gasteiger partial charge in [-0.1, -0.05) is 12.1 Å². The van der Waals surface area contributed by atoms with E-state index >= 15 is 0 Å². The van der Waals surface area contributed by atoms with Crippen molar-refractivity contribution in [2.24, 2.45) is 0 Å². The summed E-state index contributed by atoms with van der Waals surface area (Å²) < 4.78 is 1.79. The second-order valence-corrected chi connectivity index (χ2v) is 6.52. The number of benzene rings is 1. The van der Waals surface area contributed by atoms with E-state index in [-0.39, 0.29) is 0 Å². The molecule has 5 heteroatoms. The molecule has 1 aliphatic heterocycles. The summed E-state index contributed by atoms with van der Waals surface area (Å²) in [6.07, 6.45) is 5.59. The summed E-state index contributed by atoms with van der Waals surface area (Å²) in [5.41, 5.74) is 2.58. The summed E-state index contributed by atoms with van der Waals surface area (Å²) in [6, 6.07) is 11.0. The Morgan fingerprint density at radius 2 is 2.17 bits per heavy atom. The van der Waals surface area contributed by atoms with E-state index in [9.17, 15) is 5.11 Å². The van der Waals surface area contributed by atoms with Crippen LogP contribution in [0.5, 0.6) is 0 Å². The van der Waals surface area contributed by atoms with Crippen LogP contribution in [0.15, 0.2) is 42.7 Å². The van der Waals surface area contributed by atoms with Crippen LogP contribution in [0.3, 0.4) is 0 Å². The number of aliphatic hydroxyl groups is 1. The minimum Gasteiger partial charge on any atom is -0.390 e. The molecule has 0 radical (unpaired) electrons. The highest BCUT2D eigenvalue weighted by molar-refractivity contribution is 5.48. The molecule has 2 aromatic rings. The monoisotopic (exact) mass is 314 g/mol. The van der Waals surface area contributed by atoms with Gasteiger partial charge in [-0.05, 0) is 43.1 Å². The van der Waals surface area contributed by atoms with Gasteiger partial charge >= 0.3 is 0 Å². The maximum Gasteiger partial charge on any atom is 0.0862 e. The molecule has 1 aromatic heterocycles. The van der Waals surface area contributed by atoms with E-state index in [1.54, 1.807) is 10.9 Å². The summed E-state index contributed by atoms with van der Waals surface area (Å²) in [4.78, 5) is 4.54. The molecule has 2 heterocycles. The Kier molecular flexibility index (Phi) is 4.98. The van der Waals surface area contributed by atoms with Crippen LogP contribution < -0.4 is 4.90 Å². The third kappa shape index (κ3) is 3.92. The maximum atomic E-state index is 10.4. The lowest BCUT2D eigenvalue weighted by molar-refractivity contribution is 0.0891. The number of likely N-dealkylation sites (tertiary alicyclic amines) is 1. The molecule has 0 amide bonds. The molecular weight excluding hydrogens is 288 g/mol. The minimum absolute atomic E-state index is 0.396. The molecule has 2 atom stereocenters. The van der Waals surface area contributed by atoms with Crippen LogP contribution >= 0.6 is 0 Å². The van der Waals surface area contributed by atoms with Gasteiger partial charge in [-0.3, -0.25) is 9.58 Å². The highest BCUT2D eigenvalue weighted by Gasteiger charge is 2.27. The summed E-state index contributed by atoms with van der Waals surface area (Å²) in [5.74, 6) is 0. The average molecular weight is 314 g/mol. The van der Waals surface area contributed by atoms with Gasteiger partial charge in [-0.15, -0.1) is 0 Å². The maximum absolute atomic E-state index is 10.4. The van der Waals surface area contributed by atoms with Crippen molar-refractivity contribution >= 4 is 5.69 Å². The highest BCUT2D eigenvalue weighted by Crippen LogP contribution is 2.33. The molecule has 124 valence electrons. The van der Waals surface area contributed by atoms with Gasteiger partial charge in [0.2, 0.25) is 0 Å². The average Bonchev–Trinajstić information content (AvgIpc) is 3.19. The van der Waals surface area contributed by atoms with Crippen molar-refractivity contribution in [1.29, 1.82) is 0 Å². The number of hydrogen-bond acceptors (Lipinski definition) is 4. The Morgan fingerprint density at radius 3 is 2.91 bits per heavy atom. The molecule has 1 N–H and O–H groups in total. The summed E-state index contributed by atoms with van der Waals surface area (Å²) in [5, 5.41) is 14.5. The van der Waals surface area contributed by atoms with Crippen LogP contribution in [0.2, 0.25) is 0 Å². The van der Waals surface area contributed by atoms with Crippen molar-refractivity contribution in [3.63, 3.8) is 0 Å². The van der Waals surface area contributed by atoms with Crippen molar-refractivity contribution in [2.45, 2.75) is 31.5 Å². The standard InChI is InChI=1S/C18H26N4O/c1-20(2)16-7-3-6-15(12-16)18-8-4-10-21(18)13-17(23)14-22-11-5-9-19-22/h3,5-7,9,11-12,17-18,23H,4,8,10,13-14H2,1-2H3. The van der Waals surface area contributed by atoms with Gasteiger partial charge < -0.3 is 10.0 Å². The van der Waals surface area contributed by atoms with E-state index in [1.807, 2.05) is 12.3 Å². The first-order valence-corrected chi connectivity index (χ1v) is 8.30. The van der Waals surface area contributed by atoms with E-state index in [2.05, 4.69) is 53.3 Å². The van der Waals surface area contributed by atoms with Crippen molar-refractivity contribution in [2.75, 3.05) is 32.1 Å². The molecule has 0 aliphatic carbocycles. The van der Waals surface area contributed by atoms with Gasteiger partial charge in [0.05, 0.1) is 12.6 Å². The molecule has 0 saturated carbocycles. The topological polar surface area (TPSA) is 44.5 Å². The molecule has 1 fully saturated rings. The van der Waals surface area contributed by atoms with Crippen LogP contribution in [0.1, 0.15) is 24.4 Å². The van der Waals surface area contributed by atoms with Crippen molar-refractivity contribution < 1.29 is 5.11 Å². The summed E-state index contributed by atoms with van der Waals surface area (Å²) in [6.45, 7) is 2.29. The fraction of sp³-hybridized carbons (Fsp3) is 0.500. The van der Waals surface area contributed by atoms with Gasteiger partial charge in [0, 0.05) is 44.8 Å². The SMILES string of the molecule is CN(C)c1cccc(C2CCCN2CC(O)Cn2cccn2)c1. The zero-order valence-electron chi connectivity index (χ0n) is 14.0. The van der Waals surface area contributed by atoms with Crippen LogP contribution in [0.25, 0.3) is 0 Å². The Morgan fingerprint density at radius 1 is 1.30 bits per heavy atom. The second kappa shape index (κ2) is 7.15. The molecule has 0 bridgehead atoms. The van der Waals surface area contributed by atoms with E-state index in [4.69, 9.17) is 0 Å². The molecule has 1 aromatic carbocycles. The lowest BCUT2D eigenvalue weighted by atomic mass is 10.0. The number of nitrogens with zero attached hydrogens (tertiary/aromatic N) is 4. The number of rotatable bonds is 6. The van der Waals surface area contributed by atoms with Crippen LogP contribution in [0, 0.1) is 0 Å². The van der Waals surface area contributed by atoms with Crippen molar-refractivity contribution in [3.8, 4) is 0 Å². The van der Waals surface area contributed by atoms with Gasteiger partial charge in [0.25, 0.3) is 0 Å². The fourth-order valence-corrected chi connectivity index (χ4v) is 3.39. The lowest BCUT2D eigenvalue weighted by Crippen LogP contribution is -2.34. The highest BCUT2D eigenvalue weighted by atomic mass is 16.3. The van der Waals surface area contributed by atoms with E-state index < -0.39 is 6.10 Å². The Hall–Kier alpha value is -1.85. The number of aliphatic hydroxyl groups excluding tert-OH is 1. The van der Waals surface area contributed by atoms with Crippen LogP contribution in [0.4, 0.5) is 5.69 Å². The quantitative estimate of drug-likeness (QED) is 0.887. The Balaban J connectivity index is 1.66. The van der Waals surface area contributed by atoms with Gasteiger partial charge in [0.15, 0.2) is 0 Å². The summed E-state index contributed by atoms with van der Waals surface area (Å²) >= 11 is 0. The Bertz CT molecular complexity index is 611. The minimum atomic E-state index is -0.396. The zero-order valence-corrected chi connectivity index (χ0v) is 14.0. The largest absolute Gasteiger partial charge is 0.390 e. The van der Waals surface area contributed by atoms with E-state index in [1.165, 1.54) is 17.7 Å². The van der Waals surface area contributed by atoms with Gasteiger partial charge in [-0.25, -0.2) is 0 Å². The molecule has 1 aliphatic rings. The van der Waals surface area contributed by atoms with Crippen LogP contribution in [-0.4, -0.2) is 53.1 Å². The second-order valence-electron chi connectivity index (χ2n) is 6.52. The van der Waals surface area contributed by atoms with Gasteiger partial charge in [0.1, 0.15) is 0 Å². The molecule has 0 spiro atoms. The molecule has 23 heavy (non-hydrogen) atoms. The molecule has 5 nitrogen and oxygen atoms in total. The first kappa shape index (κ1) is 16.0. The zero-order chi connectivity index (χ0) is 16.2. The van der Waals surface area contributed by atoms with E-state index in [0.29, 0.717) is 19.1 Å². The molecule has 2 unspecified atom stereocenters. The predicted molar refractivity (Wildman–Crippen MR) is 92.6 cm³/mol. The molecule has 3 rings (SSSR count). The number of aromatic nitrogens is 2. The number of β-amino-alcohol motifs (C(OH)–C–C–N with tert-alkyl or cyclic N) is 1. The smallest absolute Gasteiger partial charge is 0.0862 e. The number of anilines is 1. The third-order valence-corrected chi connectivity index (χ3v) is 4.54. The van der Waals surface area contributed by atoms with Crippen molar-refractivity contribution in [3.05, 3.63) is 48.3 Å².